The zero-order valence-electron chi connectivity index (χ0n) is 33.9. The summed E-state index contributed by atoms with van der Waals surface area (Å²) in [6.07, 6.45) is -3.14. The molecule has 14 nitrogen and oxygen atoms in total. The van der Waals surface area contributed by atoms with Gasteiger partial charge in [-0.1, -0.05) is 51.1 Å². The number of alkyl halides is 3. The number of carbonyl (C=O) groups excluding carboxylic acids is 3. The molecule has 0 bridgehead atoms. The summed E-state index contributed by atoms with van der Waals surface area (Å²) in [5.41, 5.74) is -1.18. The molecule has 4 heterocycles. The maximum Gasteiger partial charge on any atom is 0.416 e. The summed E-state index contributed by atoms with van der Waals surface area (Å²) >= 11 is 1.38. The van der Waals surface area contributed by atoms with Crippen LogP contribution in [0.1, 0.15) is 62.6 Å². The first-order chi connectivity index (χ1) is 28.7. The molecule has 19 heteroatoms. The zero-order valence-corrected chi connectivity index (χ0v) is 35.6. The second-order valence-electron chi connectivity index (χ2n) is 17.0. The first kappa shape index (κ1) is 42.1. The Morgan fingerprint density at radius 2 is 1.75 bits per heavy atom. The minimum absolute atomic E-state index is 0.0485. The third kappa shape index (κ3) is 8.16. The van der Waals surface area contributed by atoms with E-state index >= 15 is 0 Å². The smallest absolute Gasteiger partial charge is 0.416 e. The Morgan fingerprint density at radius 3 is 2.36 bits per heavy atom. The van der Waals surface area contributed by atoms with Gasteiger partial charge in [-0.2, -0.15) is 18.2 Å². The maximum atomic E-state index is 14.9. The Balaban J connectivity index is 1.15. The van der Waals surface area contributed by atoms with E-state index in [1.54, 1.807) is 24.3 Å². The first-order valence-electron chi connectivity index (χ1n) is 19.7. The second kappa shape index (κ2) is 15.1. The van der Waals surface area contributed by atoms with E-state index < -0.39 is 79.8 Å². The fourth-order valence-corrected chi connectivity index (χ4v) is 9.81. The van der Waals surface area contributed by atoms with Crippen LogP contribution in [0.3, 0.4) is 0 Å². The molecule has 2 saturated carbocycles. The summed E-state index contributed by atoms with van der Waals surface area (Å²) in [4.78, 5) is 59.3. The van der Waals surface area contributed by atoms with Gasteiger partial charge in [0.15, 0.2) is 11.0 Å². The number of aromatic nitrogens is 3. The molecule has 2 aliphatic carbocycles. The number of thiazole rings is 1. The molecule has 3 aromatic heterocycles. The number of nitrogens with zero attached hydrogens (tertiary/aromatic N) is 4. The van der Waals surface area contributed by atoms with Crippen molar-refractivity contribution < 1.29 is 45.1 Å². The van der Waals surface area contributed by atoms with Crippen LogP contribution in [0, 0.1) is 25.2 Å². The van der Waals surface area contributed by atoms with Crippen LogP contribution in [0.4, 0.5) is 18.3 Å². The Kier molecular flexibility index (Phi) is 10.4. The number of para-hydroxylation sites is 1. The van der Waals surface area contributed by atoms with Crippen LogP contribution < -0.4 is 20.1 Å². The van der Waals surface area contributed by atoms with Gasteiger partial charge in [0.05, 0.1) is 23.1 Å². The van der Waals surface area contributed by atoms with E-state index in [1.165, 1.54) is 34.4 Å². The summed E-state index contributed by atoms with van der Waals surface area (Å²) < 4.78 is 80.9. The van der Waals surface area contributed by atoms with Crippen LogP contribution in [0.5, 0.6) is 5.88 Å². The van der Waals surface area contributed by atoms with Crippen LogP contribution in [0.2, 0.25) is 0 Å². The number of hydrogen-bond donors (Lipinski definition) is 3. The first-order valence-corrected chi connectivity index (χ1v) is 22.1. The Labute approximate surface area is 353 Å². The second-order valence-corrected chi connectivity index (χ2v) is 20.1. The quantitative estimate of drug-likeness (QED) is 0.114. The number of likely N-dealkylation sites (tertiary alicyclic amines) is 1. The lowest BCUT2D eigenvalue weighted by Gasteiger charge is -2.35. The van der Waals surface area contributed by atoms with Crippen LogP contribution in [0.25, 0.3) is 33.5 Å². The molecule has 0 spiro atoms. The third-order valence-electron chi connectivity index (χ3n) is 11.4. The maximum absolute atomic E-state index is 14.9. The number of carbonyl (C=O) groups is 3. The SMILES string of the molecule is C=C[C@@H]1C[C@]1(NC(=O)[C@@H]1C[C@@H](Oc2nc(-c3ccc(C(F)(F)F)cc3)nc3c2oc2ccccc23)CN1C(=O)[C@@H](Nc1nc(C)c(C)s1)C(C)(C)C)C(=O)NS(=O)(=O)C1CC1. The van der Waals surface area contributed by atoms with Gasteiger partial charge in [0.2, 0.25) is 27.4 Å². The van der Waals surface area contributed by atoms with Crippen LogP contribution in [0.15, 0.2) is 65.6 Å². The molecule has 0 unspecified atom stereocenters. The number of halogens is 3. The number of benzene rings is 2. The van der Waals surface area contributed by atoms with E-state index in [1.807, 2.05) is 34.6 Å². The fourth-order valence-electron chi connectivity index (χ4n) is 7.61. The van der Waals surface area contributed by atoms with Gasteiger partial charge in [0, 0.05) is 28.2 Å². The standard InChI is InChI=1S/C42H44F3N7O7S2/c1-7-24-19-41(24,38(55)51-61(56,57)27-16-17-27)50-35(53)29-18-26(20-52(29)37(54)33(40(4,5)6)48-39-46-21(2)22(3)60-39)58-36-32-31(28-10-8-9-11-30(28)59-32)47-34(49-36)23-12-14-25(15-13-23)42(43,44)45/h7-15,24,26-27,29,33H,1,16-20H2,2-6H3,(H,46,48)(H,50,53)(H,51,55)/t24-,26-,29+,33-,41-/m1/s1. The van der Waals surface area contributed by atoms with Crippen molar-refractivity contribution in [1.82, 2.24) is 29.9 Å². The lowest BCUT2D eigenvalue weighted by atomic mass is 9.85. The lowest BCUT2D eigenvalue weighted by molar-refractivity contribution is -0.141. The number of nitrogens with one attached hydrogen (secondary N) is 3. The highest BCUT2D eigenvalue weighted by atomic mass is 32.2. The third-order valence-corrected chi connectivity index (χ3v) is 14.3. The Bertz CT molecular complexity index is 2670. The van der Waals surface area contributed by atoms with Gasteiger partial charge < -0.3 is 24.7 Å². The molecule has 3 amide bonds. The lowest BCUT2D eigenvalue weighted by Crippen LogP contribution is -2.58. The summed E-state index contributed by atoms with van der Waals surface area (Å²) in [6.45, 7) is 13.0. The van der Waals surface area contributed by atoms with Gasteiger partial charge >= 0.3 is 6.18 Å². The van der Waals surface area contributed by atoms with Crippen molar-refractivity contribution in [2.24, 2.45) is 11.3 Å². The largest absolute Gasteiger partial charge is 0.470 e. The topological polar surface area (TPSA) is 186 Å². The van der Waals surface area contributed by atoms with Crippen molar-refractivity contribution in [2.75, 3.05) is 11.9 Å². The minimum Gasteiger partial charge on any atom is -0.470 e. The summed E-state index contributed by atoms with van der Waals surface area (Å²) in [5, 5.41) is 6.52. The molecule has 5 aromatic rings. The molecule has 8 rings (SSSR count). The van der Waals surface area contributed by atoms with E-state index in [0.29, 0.717) is 34.5 Å². The molecule has 61 heavy (non-hydrogen) atoms. The predicted molar refractivity (Wildman–Crippen MR) is 222 cm³/mol. The normalized spacial score (nSPS) is 22.2. The molecule has 2 aromatic carbocycles. The van der Waals surface area contributed by atoms with Crippen molar-refractivity contribution in [1.29, 1.82) is 0 Å². The number of rotatable bonds is 12. The average molecular weight is 880 g/mol. The molecule has 322 valence electrons. The monoisotopic (exact) mass is 879 g/mol. The molecular weight excluding hydrogens is 836 g/mol. The van der Waals surface area contributed by atoms with Crippen molar-refractivity contribution in [3.05, 3.63) is 77.3 Å². The highest BCUT2D eigenvalue weighted by molar-refractivity contribution is 7.91. The van der Waals surface area contributed by atoms with E-state index in [-0.39, 0.29) is 42.2 Å². The molecule has 1 saturated heterocycles. The van der Waals surface area contributed by atoms with Gasteiger partial charge in [-0.15, -0.1) is 17.9 Å². The van der Waals surface area contributed by atoms with Crippen LogP contribution in [-0.2, 0) is 30.6 Å². The van der Waals surface area contributed by atoms with Crippen molar-refractivity contribution in [3.8, 4) is 17.3 Å². The van der Waals surface area contributed by atoms with E-state index in [0.717, 1.165) is 22.7 Å². The van der Waals surface area contributed by atoms with Gasteiger partial charge in [-0.3, -0.25) is 19.1 Å². The molecule has 5 atom stereocenters. The van der Waals surface area contributed by atoms with Crippen molar-refractivity contribution in [2.45, 2.75) is 95.5 Å². The molecule has 3 fully saturated rings. The number of furan rings is 1. The van der Waals surface area contributed by atoms with Crippen LogP contribution >= 0.6 is 11.3 Å². The van der Waals surface area contributed by atoms with E-state index in [9.17, 15) is 36.0 Å². The van der Waals surface area contributed by atoms with Gasteiger partial charge in [0.1, 0.15) is 34.8 Å². The summed E-state index contributed by atoms with van der Waals surface area (Å²) in [7, 11) is -3.96. The molecule has 3 aliphatic rings. The summed E-state index contributed by atoms with van der Waals surface area (Å²) in [6, 6.07) is 9.28. The van der Waals surface area contributed by atoms with Gasteiger partial charge in [0.25, 0.3) is 11.8 Å². The van der Waals surface area contributed by atoms with Gasteiger partial charge in [-0.05, 0) is 62.8 Å². The van der Waals surface area contributed by atoms with Gasteiger partial charge in [-0.25, -0.2) is 18.4 Å². The molecule has 0 radical (unpaired) electrons. The molecule has 1 aliphatic heterocycles. The minimum atomic E-state index is -4.56. The highest BCUT2D eigenvalue weighted by Crippen LogP contribution is 2.46. The number of anilines is 1. The zero-order chi connectivity index (χ0) is 43.8. The van der Waals surface area contributed by atoms with Crippen molar-refractivity contribution >= 4 is 66.3 Å². The molecule has 3 N–H and O–H groups in total. The number of fused-ring (bicyclic) bond motifs is 3. The molecular formula is C42H44F3N7O7S2. The Morgan fingerprint density at radius 1 is 1.05 bits per heavy atom. The number of hydrogen-bond acceptors (Lipinski definition) is 12. The number of aryl methyl sites for hydroxylation is 2. The van der Waals surface area contributed by atoms with E-state index in [4.69, 9.17) is 9.15 Å². The predicted octanol–water partition coefficient (Wildman–Crippen LogP) is 6.68. The number of sulfonamides is 1. The highest BCUT2D eigenvalue weighted by Gasteiger charge is 2.62. The number of amides is 3. The van der Waals surface area contributed by atoms with E-state index in [2.05, 4.69) is 36.9 Å². The van der Waals surface area contributed by atoms with Crippen molar-refractivity contribution in [3.63, 3.8) is 0 Å². The average Bonchev–Trinajstić information content (AvgIpc) is 4.07. The fraction of sp³-hybridized carbons (Fsp3) is 0.429. The Hall–Kier alpha value is -5.56. The number of ether oxygens (including phenoxy) is 1. The summed E-state index contributed by atoms with van der Waals surface area (Å²) in [5.74, 6) is -2.64. The van der Waals surface area contributed by atoms with Crippen LogP contribution in [-0.4, -0.2) is 81.5 Å².